The second-order valence-corrected chi connectivity index (χ2v) is 8.88. The van der Waals surface area contributed by atoms with Crippen LogP contribution in [0.15, 0.2) is 78.9 Å². The summed E-state index contributed by atoms with van der Waals surface area (Å²) in [5.74, 6) is 0.0456. The maximum atomic E-state index is 12.8. The largest absolute Gasteiger partial charge is 0.368 e. The zero-order valence-electron chi connectivity index (χ0n) is 20.0. The molecule has 0 saturated carbocycles. The van der Waals surface area contributed by atoms with Gasteiger partial charge in [0.15, 0.2) is 0 Å². The average Bonchev–Trinajstić information content (AvgIpc) is 2.87. The molecule has 0 aromatic heterocycles. The fourth-order valence-corrected chi connectivity index (χ4v) is 4.54. The third kappa shape index (κ3) is 5.66. The minimum atomic E-state index is -0.161. The van der Waals surface area contributed by atoms with Crippen molar-refractivity contribution in [2.24, 2.45) is 0 Å². The molecule has 0 bridgehead atoms. The summed E-state index contributed by atoms with van der Waals surface area (Å²) in [4.78, 5) is 29.8. The van der Waals surface area contributed by atoms with Crippen molar-refractivity contribution >= 4 is 23.2 Å². The van der Waals surface area contributed by atoms with Gasteiger partial charge < -0.3 is 15.1 Å². The van der Waals surface area contributed by atoms with Crippen LogP contribution in [0.1, 0.15) is 36.0 Å². The van der Waals surface area contributed by atoms with Gasteiger partial charge in [-0.2, -0.15) is 0 Å². The molecule has 3 aromatic carbocycles. The first-order chi connectivity index (χ1) is 16.5. The van der Waals surface area contributed by atoms with E-state index >= 15 is 0 Å². The highest BCUT2D eigenvalue weighted by Crippen LogP contribution is 2.24. The Morgan fingerprint density at radius 3 is 2.15 bits per heavy atom. The number of carbonyl (C=O) groups is 2. The lowest BCUT2D eigenvalue weighted by Gasteiger charge is -2.36. The molecule has 2 amide bonds. The summed E-state index contributed by atoms with van der Waals surface area (Å²) < 4.78 is 0. The summed E-state index contributed by atoms with van der Waals surface area (Å²) in [7, 11) is 0. The van der Waals surface area contributed by atoms with Crippen molar-refractivity contribution in [2.45, 2.75) is 32.6 Å². The van der Waals surface area contributed by atoms with Gasteiger partial charge in [-0.05, 0) is 54.3 Å². The maximum Gasteiger partial charge on any atom is 0.231 e. The number of nitrogens with zero attached hydrogens (tertiary/aromatic N) is 2. The summed E-state index contributed by atoms with van der Waals surface area (Å²) in [5, 5.41) is 3.06. The highest BCUT2D eigenvalue weighted by Gasteiger charge is 2.22. The zero-order valence-corrected chi connectivity index (χ0v) is 20.0. The van der Waals surface area contributed by atoms with Crippen molar-refractivity contribution in [3.63, 3.8) is 0 Å². The van der Waals surface area contributed by atoms with E-state index in [-0.39, 0.29) is 17.7 Å². The van der Waals surface area contributed by atoms with Crippen molar-refractivity contribution in [2.75, 3.05) is 36.4 Å². The maximum absolute atomic E-state index is 12.8. The number of rotatable bonds is 7. The van der Waals surface area contributed by atoms with E-state index in [2.05, 4.69) is 23.2 Å². The first-order valence-corrected chi connectivity index (χ1v) is 12.1. The summed E-state index contributed by atoms with van der Waals surface area (Å²) in [6.45, 7) is 7.13. The van der Waals surface area contributed by atoms with Crippen LogP contribution in [0.4, 0.5) is 11.4 Å². The van der Waals surface area contributed by atoms with Crippen LogP contribution in [0, 0.1) is 6.92 Å². The number of piperazine rings is 1. The predicted molar refractivity (Wildman–Crippen MR) is 138 cm³/mol. The Bertz CT molecular complexity index is 1100. The lowest BCUT2D eigenvalue weighted by molar-refractivity contribution is -0.130. The molecule has 0 aliphatic carbocycles. The highest BCUT2D eigenvalue weighted by atomic mass is 16.2. The monoisotopic (exact) mass is 455 g/mol. The number of carbonyl (C=O) groups excluding carboxylic acids is 2. The van der Waals surface area contributed by atoms with Crippen LogP contribution in [0.5, 0.6) is 0 Å². The van der Waals surface area contributed by atoms with Crippen molar-refractivity contribution < 1.29 is 9.59 Å². The first-order valence-electron chi connectivity index (χ1n) is 12.1. The smallest absolute Gasteiger partial charge is 0.231 e. The van der Waals surface area contributed by atoms with E-state index in [1.807, 2.05) is 84.6 Å². The molecular weight excluding hydrogens is 422 g/mol. The van der Waals surface area contributed by atoms with Gasteiger partial charge in [-0.25, -0.2) is 0 Å². The van der Waals surface area contributed by atoms with Crippen LogP contribution in [0.2, 0.25) is 0 Å². The standard InChI is InChI=1S/C29H33N3O2/c1-3-27(23-10-5-4-6-11-23)29(34)30-25-13-15-26(16-14-25)31-17-19-32(20-18-31)28(33)21-24-12-8-7-9-22(24)2/h4-16,27H,3,17-21H2,1-2H3,(H,30,34). The fraction of sp³-hybridized carbons (Fsp3) is 0.310. The number of aryl methyl sites for hydroxylation is 1. The van der Waals surface area contributed by atoms with Crippen LogP contribution in [0.25, 0.3) is 0 Å². The van der Waals surface area contributed by atoms with E-state index in [4.69, 9.17) is 0 Å². The number of hydrogen-bond acceptors (Lipinski definition) is 3. The third-order valence-corrected chi connectivity index (χ3v) is 6.66. The summed E-state index contributed by atoms with van der Waals surface area (Å²) in [6.07, 6.45) is 1.21. The molecule has 5 heteroatoms. The molecule has 1 heterocycles. The Balaban J connectivity index is 1.30. The molecule has 5 nitrogen and oxygen atoms in total. The number of anilines is 2. The van der Waals surface area contributed by atoms with Gasteiger partial charge >= 0.3 is 0 Å². The topological polar surface area (TPSA) is 52.7 Å². The predicted octanol–water partition coefficient (Wildman–Crippen LogP) is 5.02. The van der Waals surface area contributed by atoms with Crippen LogP contribution >= 0.6 is 0 Å². The molecule has 4 rings (SSSR count). The molecule has 0 radical (unpaired) electrons. The summed E-state index contributed by atoms with van der Waals surface area (Å²) in [5.41, 5.74) is 5.21. The molecule has 0 spiro atoms. The van der Waals surface area contributed by atoms with E-state index in [0.29, 0.717) is 6.42 Å². The van der Waals surface area contributed by atoms with E-state index in [1.54, 1.807) is 0 Å². The number of amides is 2. The van der Waals surface area contributed by atoms with Gasteiger partial charge in [-0.15, -0.1) is 0 Å². The quantitative estimate of drug-likeness (QED) is 0.544. The minimum absolute atomic E-state index is 0.0160. The normalized spacial score (nSPS) is 14.5. The molecule has 3 aromatic rings. The minimum Gasteiger partial charge on any atom is -0.368 e. The number of hydrogen-bond donors (Lipinski definition) is 1. The van der Waals surface area contributed by atoms with Crippen LogP contribution in [-0.4, -0.2) is 42.9 Å². The lowest BCUT2D eigenvalue weighted by atomic mass is 9.95. The molecule has 1 saturated heterocycles. The van der Waals surface area contributed by atoms with E-state index in [0.717, 1.165) is 60.7 Å². The Labute approximate surface area is 202 Å². The molecule has 1 N–H and O–H groups in total. The molecule has 176 valence electrons. The molecule has 1 aliphatic rings. The van der Waals surface area contributed by atoms with E-state index < -0.39 is 0 Å². The van der Waals surface area contributed by atoms with Gasteiger partial charge in [-0.1, -0.05) is 61.5 Å². The average molecular weight is 456 g/mol. The van der Waals surface area contributed by atoms with Crippen molar-refractivity contribution in [3.05, 3.63) is 95.6 Å². The molecule has 1 unspecified atom stereocenters. The van der Waals surface area contributed by atoms with Crippen LogP contribution < -0.4 is 10.2 Å². The highest BCUT2D eigenvalue weighted by molar-refractivity contribution is 5.96. The van der Waals surface area contributed by atoms with Crippen molar-refractivity contribution in [1.82, 2.24) is 4.90 Å². The van der Waals surface area contributed by atoms with Crippen molar-refractivity contribution in [3.8, 4) is 0 Å². The van der Waals surface area contributed by atoms with Crippen molar-refractivity contribution in [1.29, 1.82) is 0 Å². The molecule has 34 heavy (non-hydrogen) atoms. The Morgan fingerprint density at radius 1 is 0.853 bits per heavy atom. The van der Waals surface area contributed by atoms with Gasteiger partial charge in [0.25, 0.3) is 0 Å². The van der Waals surface area contributed by atoms with Gasteiger partial charge in [-0.3, -0.25) is 9.59 Å². The first kappa shape index (κ1) is 23.6. The van der Waals surface area contributed by atoms with Crippen LogP contribution in [-0.2, 0) is 16.0 Å². The van der Waals surface area contributed by atoms with E-state index in [9.17, 15) is 9.59 Å². The fourth-order valence-electron chi connectivity index (χ4n) is 4.54. The van der Waals surface area contributed by atoms with Gasteiger partial charge in [0.1, 0.15) is 0 Å². The second kappa shape index (κ2) is 11.0. The zero-order chi connectivity index (χ0) is 23.9. The third-order valence-electron chi connectivity index (χ3n) is 6.66. The van der Waals surface area contributed by atoms with Crippen LogP contribution in [0.3, 0.4) is 0 Å². The molecular formula is C29H33N3O2. The number of nitrogens with one attached hydrogen (secondary N) is 1. The molecule has 1 fully saturated rings. The Morgan fingerprint density at radius 2 is 1.50 bits per heavy atom. The summed E-state index contributed by atoms with van der Waals surface area (Å²) >= 11 is 0. The van der Waals surface area contributed by atoms with Gasteiger partial charge in [0.2, 0.25) is 11.8 Å². The molecule has 1 aliphatic heterocycles. The SMILES string of the molecule is CCC(C(=O)Nc1ccc(N2CCN(C(=O)Cc3ccccc3C)CC2)cc1)c1ccccc1. The Hall–Kier alpha value is -3.60. The lowest BCUT2D eigenvalue weighted by Crippen LogP contribution is -2.49. The Kier molecular flexibility index (Phi) is 7.63. The van der Waals surface area contributed by atoms with E-state index in [1.165, 1.54) is 0 Å². The van der Waals surface area contributed by atoms with Gasteiger partial charge in [0, 0.05) is 37.6 Å². The molecule has 1 atom stereocenters. The number of benzene rings is 3. The van der Waals surface area contributed by atoms with Gasteiger partial charge in [0.05, 0.1) is 12.3 Å². The second-order valence-electron chi connectivity index (χ2n) is 8.88. The summed E-state index contributed by atoms with van der Waals surface area (Å²) in [6, 6.07) is 26.0.